The molecule has 0 aromatic heterocycles. The molecular formula is C14H30NO2+. The predicted octanol–water partition coefficient (Wildman–Crippen LogP) is 3.00. The molecule has 0 bridgehead atoms. The van der Waals surface area contributed by atoms with Gasteiger partial charge in [-0.05, 0) is 19.8 Å². The van der Waals surface area contributed by atoms with E-state index in [2.05, 4.69) is 41.8 Å². The van der Waals surface area contributed by atoms with Crippen molar-refractivity contribution in [3.63, 3.8) is 0 Å². The minimum atomic E-state index is -0.687. The maximum atomic E-state index is 10.9. The summed E-state index contributed by atoms with van der Waals surface area (Å²) in [4.78, 5) is 10.9. The van der Waals surface area contributed by atoms with Gasteiger partial charge in [0.05, 0.1) is 32.1 Å². The van der Waals surface area contributed by atoms with Crippen molar-refractivity contribution in [2.24, 2.45) is 11.8 Å². The molecule has 3 nitrogen and oxygen atoms in total. The first kappa shape index (κ1) is 16.4. The van der Waals surface area contributed by atoms with Gasteiger partial charge in [0.15, 0.2) is 0 Å². The largest absolute Gasteiger partial charge is 0.481 e. The summed E-state index contributed by atoms with van der Waals surface area (Å²) in [5, 5.41) is 8.97. The Morgan fingerprint density at radius 1 is 1.00 bits per heavy atom. The number of carbonyl (C=O) groups is 1. The summed E-state index contributed by atoms with van der Waals surface area (Å²) >= 11 is 0. The van der Waals surface area contributed by atoms with E-state index in [0.717, 1.165) is 10.9 Å². The Labute approximate surface area is 106 Å². The first-order valence-electron chi connectivity index (χ1n) is 6.65. The third-order valence-corrected chi connectivity index (χ3v) is 4.20. The maximum absolute atomic E-state index is 10.9. The first-order chi connectivity index (χ1) is 7.59. The van der Waals surface area contributed by atoms with Gasteiger partial charge in [-0.3, -0.25) is 4.79 Å². The number of nitrogens with zero attached hydrogens (tertiary/aromatic N) is 1. The molecule has 0 heterocycles. The lowest BCUT2D eigenvalue weighted by Crippen LogP contribution is -2.54. The fourth-order valence-corrected chi connectivity index (χ4v) is 2.27. The number of hydrogen-bond acceptors (Lipinski definition) is 1. The van der Waals surface area contributed by atoms with E-state index in [-0.39, 0.29) is 5.92 Å². The number of hydrogen-bond donors (Lipinski definition) is 1. The lowest BCUT2D eigenvalue weighted by atomic mass is 9.96. The molecule has 0 amide bonds. The summed E-state index contributed by atoms with van der Waals surface area (Å²) in [6.07, 6.45) is 1.92. The van der Waals surface area contributed by atoms with Gasteiger partial charge in [0, 0.05) is 12.8 Å². The molecule has 0 fully saturated rings. The highest BCUT2D eigenvalue weighted by Crippen LogP contribution is 2.23. The average molecular weight is 244 g/mol. The topological polar surface area (TPSA) is 37.3 Å². The molecule has 0 aromatic rings. The summed E-state index contributed by atoms with van der Waals surface area (Å²) in [6, 6.07) is 0.931. The summed E-state index contributed by atoms with van der Waals surface area (Å²) in [5.41, 5.74) is 0. The second kappa shape index (κ2) is 6.39. The van der Waals surface area contributed by atoms with Crippen LogP contribution in [0.15, 0.2) is 0 Å². The Hall–Kier alpha value is -0.570. The van der Waals surface area contributed by atoms with Crippen LogP contribution < -0.4 is 0 Å². The predicted molar refractivity (Wildman–Crippen MR) is 71.9 cm³/mol. The smallest absolute Gasteiger partial charge is 0.306 e. The molecule has 1 N–H and O–H groups in total. The number of rotatable bonds is 7. The zero-order valence-electron chi connectivity index (χ0n) is 12.5. The molecule has 0 spiro atoms. The molecule has 0 aliphatic carbocycles. The van der Waals surface area contributed by atoms with E-state index in [4.69, 9.17) is 5.11 Å². The zero-order chi connectivity index (χ0) is 13.8. The Morgan fingerprint density at radius 3 is 1.76 bits per heavy atom. The van der Waals surface area contributed by atoms with Crippen molar-refractivity contribution in [1.29, 1.82) is 0 Å². The quantitative estimate of drug-likeness (QED) is 0.699. The van der Waals surface area contributed by atoms with E-state index < -0.39 is 5.97 Å². The molecular weight excluding hydrogens is 214 g/mol. The highest BCUT2D eigenvalue weighted by atomic mass is 16.4. The van der Waals surface area contributed by atoms with Crippen LogP contribution in [0.5, 0.6) is 0 Å². The lowest BCUT2D eigenvalue weighted by molar-refractivity contribution is -0.936. The van der Waals surface area contributed by atoms with Crippen LogP contribution in [0.25, 0.3) is 0 Å². The number of aliphatic carboxylic acids is 1. The Kier molecular flexibility index (Phi) is 6.17. The van der Waals surface area contributed by atoms with Gasteiger partial charge in [0.25, 0.3) is 0 Å². The molecule has 0 aliphatic heterocycles. The molecule has 0 aliphatic rings. The van der Waals surface area contributed by atoms with Crippen molar-refractivity contribution >= 4 is 5.97 Å². The minimum Gasteiger partial charge on any atom is -0.481 e. The second-order valence-corrected chi connectivity index (χ2v) is 6.43. The monoisotopic (exact) mass is 244 g/mol. The highest BCUT2D eigenvalue weighted by molar-refractivity contribution is 5.69. The molecule has 3 atom stereocenters. The SMILES string of the molecule is CC(C)CC(C)[N+](C)(C)C(C)CC(C)C(=O)O. The van der Waals surface area contributed by atoms with E-state index in [1.54, 1.807) is 6.92 Å². The van der Waals surface area contributed by atoms with Crippen molar-refractivity contribution in [2.45, 2.75) is 59.5 Å². The molecule has 102 valence electrons. The molecule has 0 radical (unpaired) electrons. The molecule has 0 saturated carbocycles. The Morgan fingerprint density at radius 2 is 1.41 bits per heavy atom. The van der Waals surface area contributed by atoms with E-state index in [9.17, 15) is 4.79 Å². The van der Waals surface area contributed by atoms with Crippen LogP contribution in [0, 0.1) is 11.8 Å². The summed E-state index contributed by atoms with van der Waals surface area (Å²) in [7, 11) is 4.43. The third-order valence-electron chi connectivity index (χ3n) is 4.20. The second-order valence-electron chi connectivity index (χ2n) is 6.43. The van der Waals surface area contributed by atoms with Crippen LogP contribution in [-0.4, -0.2) is 41.7 Å². The maximum Gasteiger partial charge on any atom is 0.306 e. The molecule has 0 saturated heterocycles. The fraction of sp³-hybridized carbons (Fsp3) is 0.929. The zero-order valence-corrected chi connectivity index (χ0v) is 12.5. The van der Waals surface area contributed by atoms with E-state index >= 15 is 0 Å². The summed E-state index contributed by atoms with van der Waals surface area (Å²) in [6.45, 7) is 10.7. The lowest BCUT2D eigenvalue weighted by Gasteiger charge is -2.42. The van der Waals surface area contributed by atoms with Crippen LogP contribution in [-0.2, 0) is 4.79 Å². The van der Waals surface area contributed by atoms with Gasteiger partial charge in [-0.15, -0.1) is 0 Å². The molecule has 0 aromatic carbocycles. The van der Waals surface area contributed by atoms with Crippen LogP contribution in [0.3, 0.4) is 0 Å². The summed E-state index contributed by atoms with van der Waals surface area (Å²) < 4.78 is 0.899. The van der Waals surface area contributed by atoms with Crippen LogP contribution in [0.4, 0.5) is 0 Å². The molecule has 17 heavy (non-hydrogen) atoms. The van der Waals surface area contributed by atoms with E-state index in [0.29, 0.717) is 18.0 Å². The van der Waals surface area contributed by atoms with Crippen molar-refractivity contribution in [3.8, 4) is 0 Å². The third kappa shape index (κ3) is 5.07. The Balaban J connectivity index is 4.52. The highest BCUT2D eigenvalue weighted by Gasteiger charge is 2.32. The number of quaternary nitrogens is 1. The minimum absolute atomic E-state index is 0.256. The number of carboxylic acids is 1. The molecule has 0 rings (SSSR count). The van der Waals surface area contributed by atoms with Crippen LogP contribution in [0.1, 0.15) is 47.5 Å². The van der Waals surface area contributed by atoms with Crippen molar-refractivity contribution < 1.29 is 14.4 Å². The van der Waals surface area contributed by atoms with Gasteiger partial charge in [0.2, 0.25) is 0 Å². The van der Waals surface area contributed by atoms with Gasteiger partial charge in [-0.25, -0.2) is 0 Å². The molecule has 3 unspecified atom stereocenters. The van der Waals surface area contributed by atoms with Gasteiger partial charge >= 0.3 is 5.97 Å². The normalized spacial score (nSPS) is 17.9. The van der Waals surface area contributed by atoms with Gasteiger partial charge in [-0.2, -0.15) is 0 Å². The van der Waals surface area contributed by atoms with Crippen molar-refractivity contribution in [1.82, 2.24) is 0 Å². The van der Waals surface area contributed by atoms with Crippen LogP contribution >= 0.6 is 0 Å². The first-order valence-corrected chi connectivity index (χ1v) is 6.65. The van der Waals surface area contributed by atoms with Crippen LogP contribution in [0.2, 0.25) is 0 Å². The fourth-order valence-electron chi connectivity index (χ4n) is 2.27. The average Bonchev–Trinajstić information content (AvgIpc) is 2.15. The van der Waals surface area contributed by atoms with E-state index in [1.165, 1.54) is 6.42 Å². The molecule has 3 heteroatoms. The van der Waals surface area contributed by atoms with Gasteiger partial charge in [0.1, 0.15) is 0 Å². The van der Waals surface area contributed by atoms with E-state index in [1.807, 2.05) is 0 Å². The van der Waals surface area contributed by atoms with Crippen molar-refractivity contribution in [2.75, 3.05) is 14.1 Å². The standard InChI is InChI=1S/C14H29NO2/c1-10(2)8-12(4)15(6,7)13(5)9-11(3)14(16)17/h10-13H,8-9H2,1-7H3/p+1. The van der Waals surface area contributed by atoms with Gasteiger partial charge in [-0.1, -0.05) is 20.8 Å². The van der Waals surface area contributed by atoms with Crippen molar-refractivity contribution in [3.05, 3.63) is 0 Å². The number of carboxylic acid groups (broad SMARTS) is 1. The van der Waals surface area contributed by atoms with Gasteiger partial charge < -0.3 is 9.59 Å². The Bertz CT molecular complexity index is 249. The summed E-state index contributed by atoms with van der Waals surface area (Å²) in [5.74, 6) is -0.256.